The van der Waals surface area contributed by atoms with Crippen molar-refractivity contribution in [3.63, 3.8) is 0 Å². The van der Waals surface area contributed by atoms with Crippen molar-refractivity contribution in [2.24, 2.45) is 17.8 Å². The molecule has 2 aromatic rings. The van der Waals surface area contributed by atoms with E-state index < -0.39 is 0 Å². The summed E-state index contributed by atoms with van der Waals surface area (Å²) in [6, 6.07) is 7.96. The van der Waals surface area contributed by atoms with Crippen molar-refractivity contribution in [3.05, 3.63) is 54.1 Å². The van der Waals surface area contributed by atoms with E-state index in [-0.39, 0.29) is 23.9 Å². The highest BCUT2D eigenvalue weighted by Gasteiger charge is 2.51. The zero-order valence-electron chi connectivity index (χ0n) is 18.6. The van der Waals surface area contributed by atoms with Crippen molar-refractivity contribution in [1.29, 1.82) is 0 Å². The van der Waals surface area contributed by atoms with Gasteiger partial charge in [-0.25, -0.2) is 9.78 Å². The van der Waals surface area contributed by atoms with Gasteiger partial charge < -0.3 is 20.5 Å². The van der Waals surface area contributed by atoms with Crippen LogP contribution in [0.5, 0.6) is 0 Å². The minimum absolute atomic E-state index is 0.0000404. The van der Waals surface area contributed by atoms with Gasteiger partial charge in [0.05, 0.1) is 6.33 Å². The van der Waals surface area contributed by atoms with Crippen molar-refractivity contribution in [2.75, 3.05) is 6.54 Å². The van der Waals surface area contributed by atoms with Crippen LogP contribution < -0.4 is 16.0 Å². The van der Waals surface area contributed by atoms with Crippen LogP contribution in [-0.4, -0.2) is 33.6 Å². The summed E-state index contributed by atoms with van der Waals surface area (Å²) >= 11 is 0. The summed E-state index contributed by atoms with van der Waals surface area (Å²) in [6.45, 7) is 1.54. The Morgan fingerprint density at radius 1 is 1.00 bits per heavy atom. The van der Waals surface area contributed by atoms with Crippen LogP contribution in [0.15, 0.2) is 43.0 Å². The molecule has 0 unspecified atom stereocenters. The number of hydrogen-bond acceptors (Lipinski definition) is 3. The lowest BCUT2D eigenvalue weighted by atomic mass is 9.53. The number of rotatable bonds is 8. The number of carbonyl (C=O) groups excluding carboxylic acids is 2. The van der Waals surface area contributed by atoms with Gasteiger partial charge in [-0.05, 0) is 67.4 Å². The summed E-state index contributed by atoms with van der Waals surface area (Å²) in [6.07, 6.45) is 13.2. The predicted octanol–water partition coefficient (Wildman–Crippen LogP) is 3.21. The SMILES string of the molecule is O=C(CCNC(=O)NC12CC3CC(CC(C3)C1)C2)NCc1ccccc1Cn1ccnc1. The molecule has 7 heteroatoms. The fraction of sp³-hybridized carbons (Fsp3) is 0.560. The average Bonchev–Trinajstić information content (AvgIpc) is 3.25. The molecule has 1 aromatic heterocycles. The molecule has 3 N–H and O–H groups in total. The first-order valence-electron chi connectivity index (χ1n) is 11.9. The molecule has 0 aliphatic heterocycles. The number of benzene rings is 1. The van der Waals surface area contributed by atoms with Gasteiger partial charge in [-0.1, -0.05) is 24.3 Å². The van der Waals surface area contributed by atoms with Gasteiger partial charge >= 0.3 is 6.03 Å². The molecule has 6 rings (SSSR count). The molecule has 170 valence electrons. The fourth-order valence-corrected chi connectivity index (χ4v) is 6.58. The van der Waals surface area contributed by atoms with Gasteiger partial charge in [0.15, 0.2) is 0 Å². The van der Waals surface area contributed by atoms with E-state index in [1.807, 2.05) is 29.0 Å². The third-order valence-electron chi connectivity index (χ3n) is 7.56. The molecule has 0 saturated heterocycles. The van der Waals surface area contributed by atoms with Crippen molar-refractivity contribution < 1.29 is 9.59 Å². The topological polar surface area (TPSA) is 88.0 Å². The standard InChI is InChI=1S/C25H33N5O2/c31-23(28-15-21-3-1-2-4-22(21)16-30-8-7-26-17-30)5-6-27-24(32)29-25-12-18-9-19(13-25)11-20(10-18)14-25/h1-4,7-8,17-20H,5-6,9-16H2,(H,28,31)(H2,27,29,32). The van der Waals surface area contributed by atoms with Crippen molar-refractivity contribution in [2.45, 2.75) is 63.6 Å². The maximum Gasteiger partial charge on any atom is 0.315 e. The van der Waals surface area contributed by atoms with Crippen molar-refractivity contribution in [3.8, 4) is 0 Å². The molecule has 0 radical (unpaired) electrons. The number of hydrogen-bond donors (Lipinski definition) is 3. The highest BCUT2D eigenvalue weighted by molar-refractivity contribution is 5.78. The van der Waals surface area contributed by atoms with E-state index in [4.69, 9.17) is 0 Å². The molecule has 3 amide bonds. The fourth-order valence-electron chi connectivity index (χ4n) is 6.58. The Labute approximate surface area is 189 Å². The zero-order valence-corrected chi connectivity index (χ0v) is 18.6. The lowest BCUT2D eigenvalue weighted by molar-refractivity contribution is -0.121. The van der Waals surface area contributed by atoms with Gasteiger partial charge in [-0.3, -0.25) is 4.79 Å². The number of urea groups is 1. The molecule has 0 spiro atoms. The normalized spacial score (nSPS) is 27.8. The van der Waals surface area contributed by atoms with Crippen LogP contribution in [0.3, 0.4) is 0 Å². The number of carbonyl (C=O) groups is 2. The highest BCUT2D eigenvalue weighted by Crippen LogP contribution is 2.55. The van der Waals surface area contributed by atoms with Crippen LogP contribution in [0, 0.1) is 17.8 Å². The van der Waals surface area contributed by atoms with Gasteiger partial charge in [0, 0.05) is 44.0 Å². The number of aromatic nitrogens is 2. The van der Waals surface area contributed by atoms with Crippen LogP contribution in [0.4, 0.5) is 4.79 Å². The van der Waals surface area contributed by atoms with Crippen molar-refractivity contribution >= 4 is 11.9 Å². The number of nitrogens with one attached hydrogen (secondary N) is 3. The van der Waals surface area contributed by atoms with Gasteiger partial charge in [0.2, 0.25) is 5.91 Å². The molecule has 1 aromatic carbocycles. The molecule has 4 saturated carbocycles. The maximum atomic E-state index is 12.5. The summed E-state index contributed by atoms with van der Waals surface area (Å²) in [5, 5.41) is 9.19. The van der Waals surface area contributed by atoms with Crippen LogP contribution in [0.2, 0.25) is 0 Å². The first kappa shape index (κ1) is 21.0. The number of imidazole rings is 1. The Morgan fingerprint density at radius 2 is 1.69 bits per heavy atom. The molecule has 32 heavy (non-hydrogen) atoms. The van der Waals surface area contributed by atoms with E-state index in [9.17, 15) is 9.59 Å². The molecule has 0 atom stereocenters. The summed E-state index contributed by atoms with van der Waals surface area (Å²) in [5.41, 5.74) is 2.24. The number of amides is 3. The Balaban J connectivity index is 1.05. The third-order valence-corrected chi connectivity index (χ3v) is 7.56. The Morgan fingerprint density at radius 3 is 2.34 bits per heavy atom. The largest absolute Gasteiger partial charge is 0.352 e. The first-order chi connectivity index (χ1) is 15.6. The molecule has 1 heterocycles. The summed E-state index contributed by atoms with van der Waals surface area (Å²) in [4.78, 5) is 28.9. The number of nitrogens with zero attached hydrogens (tertiary/aromatic N) is 2. The van der Waals surface area contributed by atoms with E-state index >= 15 is 0 Å². The second kappa shape index (κ2) is 8.96. The van der Waals surface area contributed by atoms with Gasteiger partial charge in [0.1, 0.15) is 0 Å². The van der Waals surface area contributed by atoms with Crippen molar-refractivity contribution in [1.82, 2.24) is 25.5 Å². The summed E-state index contributed by atoms with van der Waals surface area (Å²) in [7, 11) is 0. The van der Waals surface area contributed by atoms with Crippen LogP contribution in [-0.2, 0) is 17.9 Å². The smallest absolute Gasteiger partial charge is 0.315 e. The van der Waals surface area contributed by atoms with Crippen LogP contribution >= 0.6 is 0 Å². The Kier molecular flexibility index (Phi) is 5.89. The third kappa shape index (κ3) is 4.81. The van der Waals surface area contributed by atoms with E-state index in [0.29, 0.717) is 13.1 Å². The van der Waals surface area contributed by atoms with Gasteiger partial charge in [0.25, 0.3) is 0 Å². The van der Waals surface area contributed by atoms with Crippen LogP contribution in [0.25, 0.3) is 0 Å². The molecule has 7 nitrogen and oxygen atoms in total. The molecule has 4 aliphatic rings. The molecular weight excluding hydrogens is 402 g/mol. The van der Waals surface area contributed by atoms with Crippen LogP contribution in [0.1, 0.15) is 56.1 Å². The monoisotopic (exact) mass is 435 g/mol. The molecule has 4 aliphatic carbocycles. The highest BCUT2D eigenvalue weighted by atomic mass is 16.2. The minimum Gasteiger partial charge on any atom is -0.352 e. The predicted molar refractivity (Wildman–Crippen MR) is 122 cm³/mol. The lowest BCUT2D eigenvalue weighted by Gasteiger charge is -2.56. The Hall–Kier alpha value is -2.83. The van der Waals surface area contributed by atoms with E-state index in [2.05, 4.69) is 27.0 Å². The zero-order chi connectivity index (χ0) is 22.0. The van der Waals surface area contributed by atoms with Gasteiger partial charge in [-0.2, -0.15) is 0 Å². The quantitative estimate of drug-likeness (QED) is 0.595. The maximum absolute atomic E-state index is 12.5. The molecular formula is C25H33N5O2. The summed E-state index contributed by atoms with van der Waals surface area (Å²) in [5.74, 6) is 2.33. The van der Waals surface area contributed by atoms with E-state index in [0.717, 1.165) is 54.7 Å². The molecule has 4 bridgehead atoms. The molecule has 4 fully saturated rings. The lowest BCUT2D eigenvalue weighted by Crippen LogP contribution is -2.61. The second-order valence-corrected chi connectivity index (χ2v) is 10.1. The summed E-state index contributed by atoms with van der Waals surface area (Å²) < 4.78 is 2.01. The van der Waals surface area contributed by atoms with E-state index in [1.54, 1.807) is 12.5 Å². The average molecular weight is 436 g/mol. The van der Waals surface area contributed by atoms with E-state index in [1.165, 1.54) is 19.3 Å². The second-order valence-electron chi connectivity index (χ2n) is 10.1. The van der Waals surface area contributed by atoms with Gasteiger partial charge in [-0.15, -0.1) is 0 Å². The minimum atomic E-state index is -0.120. The Bertz CT molecular complexity index is 920. The first-order valence-corrected chi connectivity index (χ1v) is 11.9.